The predicted octanol–water partition coefficient (Wildman–Crippen LogP) is 2.15. The number of halogens is 2. The molecule has 4 heteroatoms. The molecule has 0 spiro atoms. The summed E-state index contributed by atoms with van der Waals surface area (Å²) >= 11 is 2.95. The summed E-state index contributed by atoms with van der Waals surface area (Å²) in [4.78, 5) is 11.2. The Labute approximate surface area is 83.5 Å². The van der Waals surface area contributed by atoms with E-state index in [2.05, 4.69) is 15.9 Å². The molecule has 0 aliphatic heterocycles. The van der Waals surface area contributed by atoms with Gasteiger partial charge in [-0.1, -0.05) is 6.07 Å². The molecule has 0 aliphatic rings. The normalized spacial score (nSPS) is 12.6. The van der Waals surface area contributed by atoms with Gasteiger partial charge in [0.25, 0.3) is 0 Å². The molecule has 0 amide bonds. The van der Waals surface area contributed by atoms with Crippen LogP contribution in [0.2, 0.25) is 0 Å². The lowest BCUT2D eigenvalue weighted by Gasteiger charge is -2.05. The van der Waals surface area contributed by atoms with Crippen molar-refractivity contribution in [3.8, 4) is 0 Å². The van der Waals surface area contributed by atoms with Gasteiger partial charge < -0.3 is 5.11 Å². The van der Waals surface area contributed by atoms with E-state index < -0.39 is 17.7 Å². The number of hydrogen-bond donors (Lipinski definition) is 1. The van der Waals surface area contributed by atoms with Gasteiger partial charge in [-0.2, -0.15) is 0 Å². The fourth-order valence-electron chi connectivity index (χ4n) is 0.919. The fourth-order valence-corrected chi connectivity index (χ4v) is 1.29. The highest BCUT2D eigenvalue weighted by atomic mass is 79.9. The van der Waals surface area contributed by atoms with Gasteiger partial charge in [0.1, 0.15) is 11.9 Å². The quantitative estimate of drug-likeness (QED) is 0.813. The minimum atomic E-state index is -1.18. The molecular formula is C9H8BrFO2. The average molecular weight is 247 g/mol. The molecule has 0 saturated carbocycles. The van der Waals surface area contributed by atoms with Crippen LogP contribution in [0.5, 0.6) is 0 Å². The third-order valence-electron chi connectivity index (χ3n) is 1.60. The molecule has 0 aromatic heterocycles. The molecule has 1 atom stereocenters. The lowest BCUT2D eigenvalue weighted by atomic mass is 10.1. The van der Waals surface area contributed by atoms with Crippen molar-refractivity contribution in [2.75, 3.05) is 0 Å². The summed E-state index contributed by atoms with van der Waals surface area (Å²) in [5.41, 5.74) is -0.0932. The van der Waals surface area contributed by atoms with Crippen molar-refractivity contribution < 1.29 is 14.3 Å². The van der Waals surface area contributed by atoms with Crippen molar-refractivity contribution in [1.29, 1.82) is 0 Å². The second kappa shape index (κ2) is 3.98. The zero-order valence-electron chi connectivity index (χ0n) is 6.92. The first-order chi connectivity index (χ1) is 6.04. The Kier molecular flexibility index (Phi) is 3.17. The molecule has 0 heterocycles. The summed E-state index contributed by atoms with van der Waals surface area (Å²) in [6.45, 7) is 1.31. The van der Waals surface area contributed by atoms with Crippen LogP contribution in [0.4, 0.5) is 4.39 Å². The monoisotopic (exact) mass is 246 g/mol. The molecule has 1 N–H and O–H groups in total. The molecule has 0 saturated heterocycles. The Morgan fingerprint density at radius 1 is 1.62 bits per heavy atom. The topological polar surface area (TPSA) is 37.3 Å². The number of aliphatic hydroxyl groups is 1. The lowest BCUT2D eigenvalue weighted by Crippen LogP contribution is -2.17. The Hall–Kier alpha value is -0.740. The third kappa shape index (κ3) is 2.14. The van der Waals surface area contributed by atoms with Gasteiger partial charge in [-0.3, -0.25) is 4.79 Å². The molecule has 2 nitrogen and oxygen atoms in total. The molecule has 0 bridgehead atoms. The smallest absolute Gasteiger partial charge is 0.193 e. The maximum atomic E-state index is 13.2. The van der Waals surface area contributed by atoms with Crippen LogP contribution in [-0.2, 0) is 0 Å². The number of hydrogen-bond acceptors (Lipinski definition) is 2. The van der Waals surface area contributed by atoms with Crippen molar-refractivity contribution >= 4 is 21.7 Å². The van der Waals surface area contributed by atoms with Gasteiger partial charge >= 0.3 is 0 Å². The third-order valence-corrected chi connectivity index (χ3v) is 2.21. The van der Waals surface area contributed by atoms with E-state index >= 15 is 0 Å². The molecule has 70 valence electrons. The average Bonchev–Trinajstić information content (AvgIpc) is 2.08. The Morgan fingerprint density at radius 3 is 2.77 bits per heavy atom. The number of benzene rings is 1. The molecular weight excluding hydrogens is 239 g/mol. The summed E-state index contributed by atoms with van der Waals surface area (Å²) in [6.07, 6.45) is -1.18. The van der Waals surface area contributed by atoms with Gasteiger partial charge in [0.15, 0.2) is 5.78 Å². The minimum absolute atomic E-state index is 0.0932. The molecule has 1 unspecified atom stereocenters. The second-order valence-electron chi connectivity index (χ2n) is 2.64. The number of Topliss-reactive ketones (excluding diaryl/α,β-unsaturated/α-hetero) is 1. The zero-order valence-corrected chi connectivity index (χ0v) is 8.51. The number of carbonyl (C=O) groups is 1. The fraction of sp³-hybridized carbons (Fsp3) is 0.222. The van der Waals surface area contributed by atoms with Crippen molar-refractivity contribution in [3.63, 3.8) is 0 Å². The minimum Gasteiger partial charge on any atom is -0.385 e. The van der Waals surface area contributed by atoms with E-state index in [1.807, 2.05) is 0 Å². The van der Waals surface area contributed by atoms with E-state index in [0.29, 0.717) is 0 Å². The van der Waals surface area contributed by atoms with Crippen LogP contribution in [0, 0.1) is 5.82 Å². The molecule has 13 heavy (non-hydrogen) atoms. The lowest BCUT2D eigenvalue weighted by molar-refractivity contribution is 0.0775. The van der Waals surface area contributed by atoms with E-state index in [0.717, 1.165) is 0 Å². The van der Waals surface area contributed by atoms with E-state index in [4.69, 9.17) is 5.11 Å². The van der Waals surface area contributed by atoms with Crippen LogP contribution >= 0.6 is 15.9 Å². The summed E-state index contributed by atoms with van der Waals surface area (Å²) in [5.74, 6) is -1.24. The van der Waals surface area contributed by atoms with Crippen molar-refractivity contribution in [2.45, 2.75) is 13.0 Å². The van der Waals surface area contributed by atoms with Gasteiger partial charge in [-0.25, -0.2) is 4.39 Å². The van der Waals surface area contributed by atoms with Crippen molar-refractivity contribution in [2.24, 2.45) is 0 Å². The maximum Gasteiger partial charge on any atom is 0.193 e. The zero-order chi connectivity index (χ0) is 10.0. The Balaban J connectivity index is 3.15. The Bertz CT molecular complexity index is 336. The van der Waals surface area contributed by atoms with Crippen LogP contribution in [-0.4, -0.2) is 17.0 Å². The van der Waals surface area contributed by atoms with E-state index in [1.165, 1.54) is 19.1 Å². The molecule has 0 radical (unpaired) electrons. The van der Waals surface area contributed by atoms with Crippen LogP contribution < -0.4 is 0 Å². The first-order valence-corrected chi connectivity index (χ1v) is 4.49. The highest BCUT2D eigenvalue weighted by molar-refractivity contribution is 9.10. The van der Waals surface area contributed by atoms with Gasteiger partial charge in [-0.05, 0) is 35.0 Å². The Morgan fingerprint density at radius 2 is 2.23 bits per heavy atom. The standard InChI is InChI=1S/C9H8BrFO2/c1-5(12)9(13)6-3-2-4-7(10)8(6)11/h2-5,12H,1H3. The largest absolute Gasteiger partial charge is 0.385 e. The van der Waals surface area contributed by atoms with Crippen molar-refractivity contribution in [3.05, 3.63) is 34.1 Å². The number of ketones is 1. The van der Waals surface area contributed by atoms with E-state index in [1.54, 1.807) is 6.07 Å². The number of aliphatic hydroxyl groups excluding tert-OH is 1. The summed E-state index contributed by atoms with van der Waals surface area (Å²) < 4.78 is 13.5. The SMILES string of the molecule is CC(O)C(=O)c1cccc(Br)c1F. The number of rotatable bonds is 2. The highest BCUT2D eigenvalue weighted by Gasteiger charge is 2.17. The first-order valence-electron chi connectivity index (χ1n) is 3.70. The summed E-state index contributed by atoms with van der Waals surface area (Å²) in [7, 11) is 0. The van der Waals surface area contributed by atoms with Crippen LogP contribution in [0.1, 0.15) is 17.3 Å². The van der Waals surface area contributed by atoms with Crippen molar-refractivity contribution in [1.82, 2.24) is 0 Å². The van der Waals surface area contributed by atoms with Gasteiger partial charge in [0, 0.05) is 0 Å². The van der Waals surface area contributed by atoms with Gasteiger partial charge in [0.05, 0.1) is 10.0 Å². The maximum absolute atomic E-state index is 13.2. The van der Waals surface area contributed by atoms with Crippen LogP contribution in [0.15, 0.2) is 22.7 Å². The van der Waals surface area contributed by atoms with E-state index in [9.17, 15) is 9.18 Å². The predicted molar refractivity (Wildman–Crippen MR) is 50.1 cm³/mol. The van der Waals surface area contributed by atoms with Gasteiger partial charge in [-0.15, -0.1) is 0 Å². The highest BCUT2D eigenvalue weighted by Crippen LogP contribution is 2.19. The molecule has 1 aromatic carbocycles. The van der Waals surface area contributed by atoms with Crippen LogP contribution in [0.3, 0.4) is 0 Å². The number of carbonyl (C=O) groups excluding carboxylic acids is 1. The molecule has 0 aliphatic carbocycles. The van der Waals surface area contributed by atoms with Crippen LogP contribution in [0.25, 0.3) is 0 Å². The van der Waals surface area contributed by atoms with E-state index in [-0.39, 0.29) is 10.0 Å². The molecule has 0 fully saturated rings. The molecule has 1 aromatic rings. The second-order valence-corrected chi connectivity index (χ2v) is 3.50. The van der Waals surface area contributed by atoms with Gasteiger partial charge in [0.2, 0.25) is 0 Å². The molecule has 1 rings (SSSR count). The first kappa shape index (κ1) is 10.3. The summed E-state index contributed by atoms with van der Waals surface area (Å²) in [5, 5.41) is 8.96. The summed E-state index contributed by atoms with van der Waals surface area (Å²) in [6, 6.07) is 4.38.